The Kier molecular flexibility index (Phi) is 3.67. The number of nitrogens with zero attached hydrogens (tertiary/aromatic N) is 1. The van der Waals surface area contributed by atoms with Crippen molar-refractivity contribution >= 4 is 17.3 Å². The Bertz CT molecular complexity index is 720. The van der Waals surface area contributed by atoms with E-state index in [1.54, 1.807) is 13.0 Å². The van der Waals surface area contributed by atoms with Gasteiger partial charge in [-0.05, 0) is 42.8 Å². The second kappa shape index (κ2) is 5.41. The number of amides is 1. The first-order chi connectivity index (χ1) is 9.51. The van der Waals surface area contributed by atoms with E-state index in [1.807, 2.05) is 6.07 Å². The number of carbonyl (C=O) groups is 1. The van der Waals surface area contributed by atoms with Gasteiger partial charge in [0.2, 0.25) is 0 Å². The van der Waals surface area contributed by atoms with E-state index in [-0.39, 0.29) is 11.3 Å². The number of benzene rings is 2. The number of hydrogen-bond acceptors (Lipinski definition) is 3. The topological polar surface area (TPSA) is 78.9 Å². The van der Waals surface area contributed by atoms with Crippen molar-refractivity contribution in [3.05, 3.63) is 58.9 Å². The Morgan fingerprint density at radius 2 is 2.05 bits per heavy atom. The maximum Gasteiger partial charge on any atom is 0.255 e. The van der Waals surface area contributed by atoms with E-state index in [0.717, 1.165) is 0 Å². The molecule has 0 fully saturated rings. The van der Waals surface area contributed by atoms with Gasteiger partial charge in [0.05, 0.1) is 23.0 Å². The van der Waals surface area contributed by atoms with Crippen molar-refractivity contribution in [3.63, 3.8) is 0 Å². The summed E-state index contributed by atoms with van der Waals surface area (Å²) in [6, 6.07) is 10.7. The number of nitrogens with two attached hydrogens (primary N) is 1. The summed E-state index contributed by atoms with van der Waals surface area (Å²) in [5.41, 5.74) is 7.49. The van der Waals surface area contributed by atoms with Crippen LogP contribution in [0.1, 0.15) is 21.5 Å². The van der Waals surface area contributed by atoms with Gasteiger partial charge in [-0.1, -0.05) is 6.07 Å². The first-order valence-electron chi connectivity index (χ1n) is 5.88. The summed E-state index contributed by atoms with van der Waals surface area (Å²) >= 11 is 0. The molecule has 0 bridgehead atoms. The van der Waals surface area contributed by atoms with Crippen molar-refractivity contribution in [2.45, 2.75) is 6.92 Å². The normalized spacial score (nSPS) is 9.85. The number of nitrogens with one attached hydrogen (secondary N) is 1. The zero-order chi connectivity index (χ0) is 14.7. The number of anilines is 2. The average Bonchev–Trinajstić information content (AvgIpc) is 2.43. The first kappa shape index (κ1) is 13.6. The van der Waals surface area contributed by atoms with Crippen molar-refractivity contribution in [1.29, 1.82) is 5.26 Å². The molecule has 0 saturated carbocycles. The fourth-order valence-corrected chi connectivity index (χ4v) is 1.67. The van der Waals surface area contributed by atoms with Crippen LogP contribution in [-0.2, 0) is 0 Å². The molecule has 0 atom stereocenters. The van der Waals surface area contributed by atoms with Gasteiger partial charge in [0.25, 0.3) is 5.91 Å². The predicted octanol–water partition coefficient (Wildman–Crippen LogP) is 2.84. The second-order valence-electron chi connectivity index (χ2n) is 4.33. The van der Waals surface area contributed by atoms with E-state index in [1.165, 1.54) is 30.3 Å². The van der Waals surface area contributed by atoms with Crippen molar-refractivity contribution in [2.24, 2.45) is 0 Å². The SMILES string of the molecule is Cc1ccc(C(=O)Nc2ccc(C#N)cc2N)cc1F. The summed E-state index contributed by atoms with van der Waals surface area (Å²) in [5, 5.41) is 11.3. The molecule has 5 heteroatoms. The molecule has 2 aromatic rings. The molecule has 2 rings (SSSR count). The van der Waals surface area contributed by atoms with Gasteiger partial charge in [0.15, 0.2) is 0 Å². The van der Waals surface area contributed by atoms with Gasteiger partial charge >= 0.3 is 0 Å². The van der Waals surface area contributed by atoms with E-state index in [0.29, 0.717) is 16.8 Å². The quantitative estimate of drug-likeness (QED) is 0.823. The average molecular weight is 269 g/mol. The van der Waals surface area contributed by atoms with Crippen LogP contribution in [0.15, 0.2) is 36.4 Å². The number of halogens is 1. The zero-order valence-electron chi connectivity index (χ0n) is 10.8. The van der Waals surface area contributed by atoms with Crippen LogP contribution in [0.25, 0.3) is 0 Å². The van der Waals surface area contributed by atoms with Crippen LogP contribution >= 0.6 is 0 Å². The van der Waals surface area contributed by atoms with Crippen LogP contribution in [-0.4, -0.2) is 5.91 Å². The third-order valence-corrected chi connectivity index (χ3v) is 2.86. The molecule has 0 saturated heterocycles. The Morgan fingerprint density at radius 1 is 1.30 bits per heavy atom. The lowest BCUT2D eigenvalue weighted by Gasteiger charge is -2.09. The van der Waals surface area contributed by atoms with E-state index in [2.05, 4.69) is 5.32 Å². The van der Waals surface area contributed by atoms with Gasteiger partial charge < -0.3 is 11.1 Å². The number of nitriles is 1. The number of nitrogen functional groups attached to an aromatic ring is 1. The van der Waals surface area contributed by atoms with Crippen LogP contribution in [0.4, 0.5) is 15.8 Å². The molecule has 0 radical (unpaired) electrons. The number of hydrogen-bond donors (Lipinski definition) is 2. The minimum absolute atomic E-state index is 0.205. The highest BCUT2D eigenvalue weighted by Crippen LogP contribution is 2.20. The monoisotopic (exact) mass is 269 g/mol. The molecule has 3 N–H and O–H groups in total. The van der Waals surface area contributed by atoms with E-state index >= 15 is 0 Å². The highest BCUT2D eigenvalue weighted by atomic mass is 19.1. The van der Waals surface area contributed by atoms with Crippen LogP contribution in [0.3, 0.4) is 0 Å². The molecular formula is C15H12FN3O. The maximum absolute atomic E-state index is 13.4. The summed E-state index contributed by atoms with van der Waals surface area (Å²) in [6.45, 7) is 1.62. The third kappa shape index (κ3) is 2.75. The molecule has 0 aliphatic carbocycles. The molecule has 0 aliphatic rings. The molecular weight excluding hydrogens is 257 g/mol. The van der Waals surface area contributed by atoms with E-state index in [4.69, 9.17) is 11.0 Å². The van der Waals surface area contributed by atoms with Crippen LogP contribution in [0.5, 0.6) is 0 Å². The summed E-state index contributed by atoms with van der Waals surface area (Å²) < 4.78 is 13.4. The molecule has 1 amide bonds. The van der Waals surface area contributed by atoms with Crippen LogP contribution in [0, 0.1) is 24.1 Å². The fourth-order valence-electron chi connectivity index (χ4n) is 1.67. The molecule has 0 aromatic heterocycles. The molecule has 2 aromatic carbocycles. The summed E-state index contributed by atoms with van der Waals surface area (Å²) in [5.74, 6) is -0.897. The number of rotatable bonds is 2. The predicted molar refractivity (Wildman–Crippen MR) is 74.7 cm³/mol. The van der Waals surface area contributed by atoms with Crippen molar-refractivity contribution < 1.29 is 9.18 Å². The Hall–Kier alpha value is -2.87. The molecule has 0 heterocycles. The molecule has 4 nitrogen and oxygen atoms in total. The van der Waals surface area contributed by atoms with Gasteiger partial charge in [0, 0.05) is 5.56 Å². The second-order valence-corrected chi connectivity index (χ2v) is 4.33. The van der Waals surface area contributed by atoms with Gasteiger partial charge in [-0.2, -0.15) is 5.26 Å². The molecule has 0 unspecified atom stereocenters. The summed E-state index contributed by atoms with van der Waals surface area (Å²) in [6.07, 6.45) is 0. The number of carbonyl (C=O) groups excluding carboxylic acids is 1. The molecule has 0 spiro atoms. The third-order valence-electron chi connectivity index (χ3n) is 2.86. The van der Waals surface area contributed by atoms with Crippen molar-refractivity contribution in [2.75, 3.05) is 11.1 Å². The van der Waals surface area contributed by atoms with Gasteiger partial charge in [-0.3, -0.25) is 4.79 Å². The van der Waals surface area contributed by atoms with Gasteiger partial charge in [-0.25, -0.2) is 4.39 Å². The van der Waals surface area contributed by atoms with Crippen LogP contribution in [0.2, 0.25) is 0 Å². The lowest BCUT2D eigenvalue weighted by atomic mass is 10.1. The summed E-state index contributed by atoms with van der Waals surface area (Å²) in [7, 11) is 0. The maximum atomic E-state index is 13.4. The van der Waals surface area contributed by atoms with Crippen LogP contribution < -0.4 is 11.1 Å². The molecule has 20 heavy (non-hydrogen) atoms. The standard InChI is InChI=1S/C15H12FN3O/c1-9-2-4-11(7-12(9)16)15(20)19-14-5-3-10(8-17)6-13(14)18/h2-7H,18H2,1H3,(H,19,20). The van der Waals surface area contributed by atoms with Crippen molar-refractivity contribution in [3.8, 4) is 6.07 Å². The number of aryl methyl sites for hydroxylation is 1. The molecule has 100 valence electrons. The molecule has 0 aliphatic heterocycles. The minimum Gasteiger partial charge on any atom is -0.397 e. The summed E-state index contributed by atoms with van der Waals surface area (Å²) in [4.78, 5) is 12.0. The zero-order valence-corrected chi connectivity index (χ0v) is 10.8. The lowest BCUT2D eigenvalue weighted by Crippen LogP contribution is -2.13. The Labute approximate surface area is 115 Å². The Balaban J connectivity index is 2.23. The first-order valence-corrected chi connectivity index (χ1v) is 5.88. The van der Waals surface area contributed by atoms with E-state index in [9.17, 15) is 9.18 Å². The smallest absolute Gasteiger partial charge is 0.255 e. The van der Waals surface area contributed by atoms with Gasteiger partial charge in [-0.15, -0.1) is 0 Å². The highest BCUT2D eigenvalue weighted by Gasteiger charge is 2.10. The van der Waals surface area contributed by atoms with Crippen molar-refractivity contribution in [1.82, 2.24) is 0 Å². The highest BCUT2D eigenvalue weighted by molar-refractivity contribution is 6.05. The Morgan fingerprint density at radius 3 is 2.65 bits per heavy atom. The van der Waals surface area contributed by atoms with E-state index < -0.39 is 11.7 Å². The largest absolute Gasteiger partial charge is 0.397 e. The van der Waals surface area contributed by atoms with Gasteiger partial charge in [0.1, 0.15) is 5.82 Å². The fraction of sp³-hybridized carbons (Fsp3) is 0.0667. The minimum atomic E-state index is -0.458. The lowest BCUT2D eigenvalue weighted by molar-refractivity contribution is 0.102.